The van der Waals surface area contributed by atoms with Gasteiger partial charge in [-0.3, -0.25) is 9.69 Å². The molecule has 1 heterocycles. The van der Waals surface area contributed by atoms with Crippen LogP contribution < -0.4 is 10.2 Å². The van der Waals surface area contributed by atoms with Gasteiger partial charge in [-0.1, -0.05) is 23.2 Å². The average molecular weight is 317 g/mol. The van der Waals surface area contributed by atoms with Crippen molar-refractivity contribution >= 4 is 46.5 Å². The third-order valence-electron chi connectivity index (χ3n) is 3.32. The molecule has 1 aliphatic rings. The number of carbonyl (C=O) groups is 2. The molecule has 0 fully saturated rings. The second-order valence-electron chi connectivity index (χ2n) is 5.19. The summed E-state index contributed by atoms with van der Waals surface area (Å²) in [4.78, 5) is 25.1. The molecule has 1 atom stereocenters. The first-order chi connectivity index (χ1) is 9.16. The lowest BCUT2D eigenvalue weighted by Crippen LogP contribution is -2.59. The van der Waals surface area contributed by atoms with Crippen molar-refractivity contribution in [2.45, 2.75) is 32.4 Å². The number of carbonyl (C=O) groups excluding carboxylic acids is 1. The number of carboxylic acids is 1. The first-order valence-electron chi connectivity index (χ1n) is 5.99. The molecule has 1 aromatic rings. The summed E-state index contributed by atoms with van der Waals surface area (Å²) < 4.78 is 0. The zero-order valence-corrected chi connectivity index (χ0v) is 12.7. The van der Waals surface area contributed by atoms with Crippen molar-refractivity contribution < 1.29 is 14.7 Å². The maximum Gasteiger partial charge on any atom is 0.329 e. The number of fused-ring (bicyclic) bond motifs is 1. The summed E-state index contributed by atoms with van der Waals surface area (Å²) in [5.74, 6) is -1.43. The fourth-order valence-corrected chi connectivity index (χ4v) is 2.44. The topological polar surface area (TPSA) is 69.6 Å². The van der Waals surface area contributed by atoms with E-state index in [-0.39, 0.29) is 10.9 Å². The second-order valence-corrected chi connectivity index (χ2v) is 6.00. The summed E-state index contributed by atoms with van der Waals surface area (Å²) in [6, 6.07) is 2.55. The molecule has 1 aliphatic heterocycles. The minimum absolute atomic E-state index is 0.265. The Bertz CT molecular complexity index is 602. The largest absolute Gasteiger partial charge is 0.480 e. The predicted molar refractivity (Wildman–Crippen MR) is 78.7 cm³/mol. The van der Waals surface area contributed by atoms with Gasteiger partial charge in [-0.2, -0.15) is 0 Å². The zero-order chi connectivity index (χ0) is 15.2. The highest BCUT2D eigenvalue weighted by Gasteiger charge is 2.44. The lowest BCUT2D eigenvalue weighted by Gasteiger charge is -2.41. The second kappa shape index (κ2) is 4.82. The van der Waals surface area contributed by atoms with Gasteiger partial charge < -0.3 is 10.4 Å². The van der Waals surface area contributed by atoms with E-state index in [9.17, 15) is 14.7 Å². The molecule has 0 saturated heterocycles. The Kier molecular flexibility index (Phi) is 3.60. The summed E-state index contributed by atoms with van der Waals surface area (Å²) in [5.41, 5.74) is -0.393. The Labute approximate surface area is 126 Å². The summed E-state index contributed by atoms with van der Waals surface area (Å²) >= 11 is 11.9. The number of rotatable bonds is 2. The lowest BCUT2D eigenvalue weighted by atomic mass is 9.98. The van der Waals surface area contributed by atoms with Crippen LogP contribution >= 0.6 is 23.2 Å². The van der Waals surface area contributed by atoms with Gasteiger partial charge in [0.25, 0.3) is 0 Å². The SMILES string of the molecule is CC1Nc2cc(Cl)c(Cl)cc2N(C(C)(C)C(=O)O)C1=O. The molecular formula is C13H14Cl2N2O3. The maximum absolute atomic E-state index is 12.4. The van der Waals surface area contributed by atoms with Gasteiger partial charge in [-0.15, -0.1) is 0 Å². The molecule has 1 aromatic carbocycles. The molecule has 0 aromatic heterocycles. The van der Waals surface area contributed by atoms with Gasteiger partial charge in [0.1, 0.15) is 11.6 Å². The Morgan fingerprint density at radius 2 is 1.90 bits per heavy atom. The standard InChI is InChI=1S/C13H14Cl2N2O3/c1-6-11(18)17(13(2,3)12(19)20)10-5-8(15)7(14)4-9(10)16-6/h4-6,16H,1-3H3,(H,19,20). The van der Waals surface area contributed by atoms with Crippen LogP contribution in [0.4, 0.5) is 11.4 Å². The van der Waals surface area contributed by atoms with Gasteiger partial charge in [0.2, 0.25) is 5.91 Å². The fourth-order valence-electron chi connectivity index (χ4n) is 2.12. The maximum atomic E-state index is 12.4. The van der Waals surface area contributed by atoms with Crippen LogP contribution in [0.2, 0.25) is 10.0 Å². The van der Waals surface area contributed by atoms with E-state index < -0.39 is 17.6 Å². The van der Waals surface area contributed by atoms with Crippen LogP contribution in [-0.4, -0.2) is 28.6 Å². The summed E-state index contributed by atoms with van der Waals surface area (Å²) in [6.07, 6.45) is 0. The Morgan fingerprint density at radius 1 is 1.35 bits per heavy atom. The van der Waals surface area contributed by atoms with Crippen molar-refractivity contribution in [2.24, 2.45) is 0 Å². The lowest BCUT2D eigenvalue weighted by molar-refractivity contribution is -0.144. The Morgan fingerprint density at radius 3 is 2.45 bits per heavy atom. The van der Waals surface area contributed by atoms with E-state index in [0.717, 1.165) is 0 Å². The van der Waals surface area contributed by atoms with E-state index in [2.05, 4.69) is 5.32 Å². The summed E-state index contributed by atoms with van der Waals surface area (Å²) in [7, 11) is 0. The van der Waals surface area contributed by atoms with E-state index in [4.69, 9.17) is 23.2 Å². The minimum atomic E-state index is -1.39. The van der Waals surface area contributed by atoms with Crippen molar-refractivity contribution in [1.82, 2.24) is 0 Å². The smallest absolute Gasteiger partial charge is 0.329 e. The van der Waals surface area contributed by atoms with Crippen LogP contribution in [0.1, 0.15) is 20.8 Å². The van der Waals surface area contributed by atoms with Gasteiger partial charge in [0, 0.05) is 0 Å². The van der Waals surface area contributed by atoms with E-state index >= 15 is 0 Å². The molecule has 1 unspecified atom stereocenters. The first-order valence-corrected chi connectivity index (χ1v) is 6.75. The number of hydrogen-bond donors (Lipinski definition) is 2. The normalized spacial score (nSPS) is 18.6. The van der Waals surface area contributed by atoms with Gasteiger partial charge in [-0.05, 0) is 32.9 Å². The molecule has 108 valence electrons. The molecule has 0 aliphatic carbocycles. The monoisotopic (exact) mass is 316 g/mol. The quantitative estimate of drug-likeness (QED) is 0.880. The molecule has 0 saturated carbocycles. The van der Waals surface area contributed by atoms with Crippen LogP contribution in [0.5, 0.6) is 0 Å². The molecule has 5 nitrogen and oxygen atoms in total. The van der Waals surface area contributed by atoms with Crippen molar-refractivity contribution in [2.75, 3.05) is 10.2 Å². The van der Waals surface area contributed by atoms with Crippen LogP contribution in [0, 0.1) is 0 Å². The van der Waals surface area contributed by atoms with Gasteiger partial charge in [-0.25, -0.2) is 4.79 Å². The number of nitrogens with zero attached hydrogens (tertiary/aromatic N) is 1. The number of anilines is 2. The molecule has 1 amide bonds. The van der Waals surface area contributed by atoms with Crippen molar-refractivity contribution in [3.05, 3.63) is 22.2 Å². The number of hydrogen-bond acceptors (Lipinski definition) is 3. The zero-order valence-electron chi connectivity index (χ0n) is 11.2. The first kappa shape index (κ1) is 14.9. The number of benzene rings is 1. The number of nitrogens with one attached hydrogen (secondary N) is 1. The Balaban J connectivity index is 2.66. The van der Waals surface area contributed by atoms with Crippen molar-refractivity contribution in [1.29, 1.82) is 0 Å². The number of carboxylic acid groups (broad SMARTS) is 1. The molecule has 7 heteroatoms. The van der Waals surface area contributed by atoms with Crippen LogP contribution in [0.25, 0.3) is 0 Å². The van der Waals surface area contributed by atoms with Crippen LogP contribution in [0.3, 0.4) is 0 Å². The highest BCUT2D eigenvalue weighted by Crippen LogP contribution is 2.41. The Hall–Kier alpha value is -1.46. The molecular weight excluding hydrogens is 303 g/mol. The minimum Gasteiger partial charge on any atom is -0.480 e. The highest BCUT2D eigenvalue weighted by atomic mass is 35.5. The third-order valence-corrected chi connectivity index (χ3v) is 4.05. The van der Waals surface area contributed by atoms with Gasteiger partial charge in [0.05, 0.1) is 21.4 Å². The van der Waals surface area contributed by atoms with Crippen LogP contribution in [-0.2, 0) is 9.59 Å². The van der Waals surface area contributed by atoms with E-state index in [1.165, 1.54) is 24.8 Å². The van der Waals surface area contributed by atoms with E-state index in [0.29, 0.717) is 16.4 Å². The summed E-state index contributed by atoms with van der Waals surface area (Å²) in [6.45, 7) is 4.61. The van der Waals surface area contributed by atoms with E-state index in [1.807, 2.05) is 0 Å². The highest BCUT2D eigenvalue weighted by molar-refractivity contribution is 6.42. The molecule has 0 bridgehead atoms. The van der Waals surface area contributed by atoms with Gasteiger partial charge in [0.15, 0.2) is 0 Å². The number of aliphatic carboxylic acids is 1. The third kappa shape index (κ3) is 2.21. The molecule has 2 rings (SSSR count). The average Bonchev–Trinajstić information content (AvgIpc) is 2.33. The van der Waals surface area contributed by atoms with Crippen molar-refractivity contribution in [3.8, 4) is 0 Å². The molecule has 0 spiro atoms. The molecule has 20 heavy (non-hydrogen) atoms. The predicted octanol–water partition coefficient (Wildman–Crippen LogP) is 3.00. The number of halogens is 2. The number of amides is 1. The molecule has 0 radical (unpaired) electrons. The fraction of sp³-hybridized carbons (Fsp3) is 0.385. The van der Waals surface area contributed by atoms with Crippen LogP contribution in [0.15, 0.2) is 12.1 Å². The van der Waals surface area contributed by atoms with Crippen molar-refractivity contribution in [3.63, 3.8) is 0 Å². The van der Waals surface area contributed by atoms with Gasteiger partial charge >= 0.3 is 5.97 Å². The molecule has 2 N–H and O–H groups in total. The summed E-state index contributed by atoms with van der Waals surface area (Å²) in [5, 5.41) is 13.0. The van der Waals surface area contributed by atoms with E-state index in [1.54, 1.807) is 13.0 Å².